The molecule has 0 rings (SSSR count). The molecule has 0 aromatic carbocycles. The fraction of sp³-hybridized carbons (Fsp3) is 0.444. The summed E-state index contributed by atoms with van der Waals surface area (Å²) in [7, 11) is 0. The van der Waals surface area contributed by atoms with Crippen molar-refractivity contribution >= 4 is 5.97 Å². The first-order chi connectivity index (χ1) is 5.63. The van der Waals surface area contributed by atoms with Gasteiger partial charge in [0.1, 0.15) is 6.04 Å². The SMILES string of the molecule is C=CCN(CC=C)C(C)C(=O)O. The van der Waals surface area contributed by atoms with Crippen LogP contribution in [0.5, 0.6) is 0 Å². The van der Waals surface area contributed by atoms with Crippen LogP contribution in [0.1, 0.15) is 6.92 Å². The molecule has 12 heavy (non-hydrogen) atoms. The van der Waals surface area contributed by atoms with Crippen molar-refractivity contribution in [1.29, 1.82) is 0 Å². The summed E-state index contributed by atoms with van der Waals surface area (Å²) in [4.78, 5) is 12.3. The van der Waals surface area contributed by atoms with E-state index in [9.17, 15) is 4.79 Å². The van der Waals surface area contributed by atoms with Crippen LogP contribution >= 0.6 is 0 Å². The van der Waals surface area contributed by atoms with Gasteiger partial charge in [0.2, 0.25) is 0 Å². The van der Waals surface area contributed by atoms with Crippen LogP contribution < -0.4 is 0 Å². The summed E-state index contributed by atoms with van der Waals surface area (Å²) >= 11 is 0. The van der Waals surface area contributed by atoms with Crippen molar-refractivity contribution in [2.24, 2.45) is 0 Å². The molecule has 1 N–H and O–H groups in total. The zero-order chi connectivity index (χ0) is 9.56. The maximum atomic E-state index is 10.6. The lowest BCUT2D eigenvalue weighted by Crippen LogP contribution is -2.39. The molecule has 0 aromatic heterocycles. The Labute approximate surface area is 73.0 Å². The highest BCUT2D eigenvalue weighted by molar-refractivity contribution is 5.72. The van der Waals surface area contributed by atoms with Crippen LogP contribution in [-0.4, -0.2) is 35.1 Å². The molecule has 0 aromatic rings. The van der Waals surface area contributed by atoms with Crippen LogP contribution in [-0.2, 0) is 4.79 Å². The molecule has 0 amide bonds. The lowest BCUT2D eigenvalue weighted by Gasteiger charge is -2.22. The number of hydrogen-bond acceptors (Lipinski definition) is 2. The second-order valence-electron chi connectivity index (χ2n) is 2.55. The number of carboxylic acid groups (broad SMARTS) is 1. The van der Waals surface area contributed by atoms with Crippen LogP contribution in [0.3, 0.4) is 0 Å². The van der Waals surface area contributed by atoms with E-state index >= 15 is 0 Å². The first-order valence-corrected chi connectivity index (χ1v) is 3.82. The van der Waals surface area contributed by atoms with Gasteiger partial charge in [-0.1, -0.05) is 12.2 Å². The molecule has 0 aliphatic carbocycles. The van der Waals surface area contributed by atoms with Crippen molar-refractivity contribution < 1.29 is 9.90 Å². The molecule has 0 aliphatic rings. The van der Waals surface area contributed by atoms with Gasteiger partial charge >= 0.3 is 5.97 Å². The third-order valence-corrected chi connectivity index (χ3v) is 1.63. The summed E-state index contributed by atoms with van der Waals surface area (Å²) in [5, 5.41) is 8.70. The molecule has 0 heterocycles. The zero-order valence-corrected chi connectivity index (χ0v) is 7.36. The van der Waals surface area contributed by atoms with Gasteiger partial charge in [-0.05, 0) is 6.92 Å². The fourth-order valence-electron chi connectivity index (χ4n) is 0.879. The molecule has 3 nitrogen and oxygen atoms in total. The van der Waals surface area contributed by atoms with E-state index in [0.29, 0.717) is 13.1 Å². The second-order valence-corrected chi connectivity index (χ2v) is 2.55. The Morgan fingerprint density at radius 2 is 1.92 bits per heavy atom. The predicted molar refractivity (Wildman–Crippen MR) is 49.1 cm³/mol. The number of carbonyl (C=O) groups is 1. The van der Waals surface area contributed by atoms with Crippen molar-refractivity contribution in [3.63, 3.8) is 0 Å². The Morgan fingerprint density at radius 3 is 2.17 bits per heavy atom. The monoisotopic (exact) mass is 169 g/mol. The first-order valence-electron chi connectivity index (χ1n) is 3.82. The van der Waals surface area contributed by atoms with Crippen molar-refractivity contribution in [1.82, 2.24) is 4.90 Å². The topological polar surface area (TPSA) is 40.5 Å². The number of hydrogen-bond donors (Lipinski definition) is 1. The normalized spacial score (nSPS) is 12.5. The zero-order valence-electron chi connectivity index (χ0n) is 7.36. The summed E-state index contributed by atoms with van der Waals surface area (Å²) in [6, 6.07) is -0.485. The molecule has 1 unspecified atom stereocenters. The van der Waals surface area contributed by atoms with E-state index in [0.717, 1.165) is 0 Å². The molecule has 0 fully saturated rings. The summed E-state index contributed by atoms with van der Waals surface area (Å²) in [6.45, 7) is 9.90. The fourth-order valence-corrected chi connectivity index (χ4v) is 0.879. The molecular formula is C9H15NO2. The molecule has 0 radical (unpaired) electrons. The molecule has 0 aliphatic heterocycles. The van der Waals surface area contributed by atoms with E-state index in [1.165, 1.54) is 0 Å². The summed E-state index contributed by atoms with van der Waals surface area (Å²) in [5.74, 6) is -0.821. The van der Waals surface area contributed by atoms with Crippen molar-refractivity contribution in [3.05, 3.63) is 25.3 Å². The van der Waals surface area contributed by atoms with Crippen molar-refractivity contribution in [2.75, 3.05) is 13.1 Å². The Morgan fingerprint density at radius 1 is 1.50 bits per heavy atom. The second kappa shape index (κ2) is 5.55. The molecular weight excluding hydrogens is 154 g/mol. The van der Waals surface area contributed by atoms with Crippen LogP contribution in [0, 0.1) is 0 Å². The molecule has 3 heteroatoms. The van der Waals surface area contributed by atoms with E-state index in [4.69, 9.17) is 5.11 Å². The van der Waals surface area contributed by atoms with Gasteiger partial charge in [-0.3, -0.25) is 9.69 Å². The standard InChI is InChI=1S/C9H15NO2/c1-4-6-10(7-5-2)8(3)9(11)12/h4-5,8H,1-2,6-7H2,3H3,(H,11,12). The smallest absolute Gasteiger partial charge is 0.320 e. The van der Waals surface area contributed by atoms with E-state index in [-0.39, 0.29) is 0 Å². The van der Waals surface area contributed by atoms with Gasteiger partial charge < -0.3 is 5.11 Å². The van der Waals surface area contributed by atoms with Crippen LogP contribution in [0.4, 0.5) is 0 Å². The van der Waals surface area contributed by atoms with Gasteiger partial charge in [-0.2, -0.15) is 0 Å². The van der Waals surface area contributed by atoms with E-state index in [1.54, 1.807) is 24.0 Å². The number of carboxylic acids is 1. The van der Waals surface area contributed by atoms with Gasteiger partial charge in [0.05, 0.1) is 0 Å². The summed E-state index contributed by atoms with van der Waals surface area (Å²) in [6.07, 6.45) is 3.37. The van der Waals surface area contributed by atoms with E-state index < -0.39 is 12.0 Å². The Bertz CT molecular complexity index is 167. The minimum atomic E-state index is -0.821. The molecule has 68 valence electrons. The molecule has 0 saturated carbocycles. The Kier molecular flexibility index (Phi) is 5.04. The van der Waals surface area contributed by atoms with E-state index in [2.05, 4.69) is 13.2 Å². The van der Waals surface area contributed by atoms with Crippen LogP contribution in [0.25, 0.3) is 0 Å². The summed E-state index contributed by atoms with van der Waals surface area (Å²) < 4.78 is 0. The van der Waals surface area contributed by atoms with E-state index in [1.807, 2.05) is 0 Å². The molecule has 0 saturated heterocycles. The lowest BCUT2D eigenvalue weighted by molar-refractivity contribution is -0.142. The van der Waals surface area contributed by atoms with Gasteiger partial charge in [0, 0.05) is 13.1 Å². The molecule has 0 spiro atoms. The third kappa shape index (κ3) is 3.34. The maximum absolute atomic E-state index is 10.6. The lowest BCUT2D eigenvalue weighted by atomic mass is 10.3. The highest BCUT2D eigenvalue weighted by atomic mass is 16.4. The largest absolute Gasteiger partial charge is 0.480 e. The molecule has 1 atom stereocenters. The van der Waals surface area contributed by atoms with Gasteiger partial charge in [0.25, 0.3) is 0 Å². The maximum Gasteiger partial charge on any atom is 0.320 e. The number of nitrogens with zero attached hydrogens (tertiary/aromatic N) is 1. The summed E-state index contributed by atoms with van der Waals surface area (Å²) in [5.41, 5.74) is 0. The third-order valence-electron chi connectivity index (χ3n) is 1.63. The Hall–Kier alpha value is -1.09. The predicted octanol–water partition coefficient (Wildman–Crippen LogP) is 1.13. The number of rotatable bonds is 6. The molecule has 0 bridgehead atoms. The highest BCUT2D eigenvalue weighted by Gasteiger charge is 2.17. The van der Waals surface area contributed by atoms with Crippen molar-refractivity contribution in [2.45, 2.75) is 13.0 Å². The van der Waals surface area contributed by atoms with Crippen LogP contribution in [0.2, 0.25) is 0 Å². The average molecular weight is 169 g/mol. The van der Waals surface area contributed by atoms with Gasteiger partial charge in [0.15, 0.2) is 0 Å². The highest BCUT2D eigenvalue weighted by Crippen LogP contribution is 1.98. The average Bonchev–Trinajstić information content (AvgIpc) is 2.03. The Balaban J connectivity index is 4.16. The minimum Gasteiger partial charge on any atom is -0.480 e. The quantitative estimate of drug-likeness (QED) is 0.606. The number of aliphatic carboxylic acids is 1. The van der Waals surface area contributed by atoms with Gasteiger partial charge in [-0.25, -0.2) is 0 Å². The minimum absolute atomic E-state index is 0.485. The van der Waals surface area contributed by atoms with Crippen molar-refractivity contribution in [3.8, 4) is 0 Å². The van der Waals surface area contributed by atoms with Crippen LogP contribution in [0.15, 0.2) is 25.3 Å². The first kappa shape index (κ1) is 10.9. The van der Waals surface area contributed by atoms with Gasteiger partial charge in [-0.15, -0.1) is 13.2 Å².